The molecule has 7 heteroatoms. The summed E-state index contributed by atoms with van der Waals surface area (Å²) in [5, 5.41) is 6.85. The summed E-state index contributed by atoms with van der Waals surface area (Å²) in [6.07, 6.45) is 7.18. The summed E-state index contributed by atoms with van der Waals surface area (Å²) >= 11 is 0. The van der Waals surface area contributed by atoms with Crippen molar-refractivity contribution in [1.29, 1.82) is 0 Å². The third-order valence-electron chi connectivity index (χ3n) is 4.76. The smallest absolute Gasteiger partial charge is 0.191 e. The topological polar surface area (TPSA) is 61.8 Å². The third-order valence-corrected chi connectivity index (χ3v) is 4.76. The van der Waals surface area contributed by atoms with Crippen LogP contribution >= 0.6 is 24.0 Å². The van der Waals surface area contributed by atoms with Crippen molar-refractivity contribution in [2.45, 2.75) is 72.1 Å². The molecule has 1 aromatic heterocycles. The van der Waals surface area contributed by atoms with E-state index in [4.69, 9.17) is 9.73 Å². The van der Waals surface area contributed by atoms with Crippen molar-refractivity contribution in [3.8, 4) is 0 Å². The highest BCUT2D eigenvalue weighted by Gasteiger charge is 2.17. The van der Waals surface area contributed by atoms with Crippen LogP contribution in [0.4, 0.5) is 5.82 Å². The molecule has 0 spiro atoms. The van der Waals surface area contributed by atoms with Gasteiger partial charge < -0.3 is 20.3 Å². The normalized spacial score (nSPS) is 18.4. The molecule has 0 amide bonds. The molecule has 1 aliphatic rings. The lowest BCUT2D eigenvalue weighted by Gasteiger charge is -2.32. The first-order chi connectivity index (χ1) is 13.1. The molecule has 1 aliphatic heterocycles. The van der Waals surface area contributed by atoms with E-state index in [0.29, 0.717) is 12.6 Å². The van der Waals surface area contributed by atoms with E-state index < -0.39 is 0 Å². The summed E-state index contributed by atoms with van der Waals surface area (Å²) < 4.78 is 5.60. The Morgan fingerprint density at radius 3 is 2.82 bits per heavy atom. The largest absolute Gasteiger partial charge is 0.375 e. The van der Waals surface area contributed by atoms with Crippen molar-refractivity contribution in [3.05, 3.63) is 23.9 Å². The minimum Gasteiger partial charge on any atom is -0.375 e. The van der Waals surface area contributed by atoms with E-state index in [1.165, 1.54) is 25.7 Å². The van der Waals surface area contributed by atoms with Crippen LogP contribution in [0.2, 0.25) is 0 Å². The quantitative estimate of drug-likeness (QED) is 0.231. The predicted molar refractivity (Wildman–Crippen MR) is 129 cm³/mol. The highest BCUT2D eigenvalue weighted by molar-refractivity contribution is 14.0. The molecule has 0 saturated carbocycles. The van der Waals surface area contributed by atoms with Gasteiger partial charge in [0.05, 0.1) is 19.3 Å². The molecule has 2 atom stereocenters. The first-order valence-corrected chi connectivity index (χ1v) is 10.5. The molecule has 0 radical (unpaired) electrons. The number of aliphatic imine (C=N–C) groups is 1. The van der Waals surface area contributed by atoms with Crippen LogP contribution in [-0.4, -0.2) is 49.3 Å². The minimum atomic E-state index is 0. The zero-order chi connectivity index (χ0) is 19.5. The van der Waals surface area contributed by atoms with Crippen molar-refractivity contribution in [2.24, 2.45) is 4.99 Å². The molecule has 160 valence electrons. The minimum absolute atomic E-state index is 0. The molecule has 2 unspecified atom stereocenters. The predicted octanol–water partition coefficient (Wildman–Crippen LogP) is 3.95. The molecule has 0 bridgehead atoms. The maximum Gasteiger partial charge on any atom is 0.191 e. The first kappa shape index (κ1) is 24.9. The Labute approximate surface area is 187 Å². The molecule has 1 fully saturated rings. The molecule has 2 N–H and O–H groups in total. The van der Waals surface area contributed by atoms with Gasteiger partial charge in [-0.3, -0.25) is 0 Å². The molecule has 2 rings (SSSR count). The number of morpholine rings is 1. The molecule has 0 aromatic carbocycles. The lowest BCUT2D eigenvalue weighted by Crippen LogP contribution is -2.42. The van der Waals surface area contributed by atoms with E-state index in [9.17, 15) is 0 Å². The number of nitrogens with one attached hydrogen (secondary N) is 2. The highest BCUT2D eigenvalue weighted by Crippen LogP contribution is 2.15. The summed E-state index contributed by atoms with van der Waals surface area (Å²) in [6, 6.07) is 4.65. The van der Waals surface area contributed by atoms with Gasteiger partial charge in [-0.25, -0.2) is 9.98 Å². The molecule has 2 heterocycles. The molecular formula is C21H38IN5O. The summed E-state index contributed by atoms with van der Waals surface area (Å²) in [4.78, 5) is 11.6. The molecule has 1 saturated heterocycles. The molecule has 0 aliphatic carbocycles. The number of halogens is 1. The average Bonchev–Trinajstić information content (AvgIpc) is 2.67. The molecule has 28 heavy (non-hydrogen) atoms. The van der Waals surface area contributed by atoms with Gasteiger partial charge in [0.2, 0.25) is 0 Å². The van der Waals surface area contributed by atoms with Crippen LogP contribution in [0.1, 0.15) is 58.9 Å². The van der Waals surface area contributed by atoms with Gasteiger partial charge in [-0.2, -0.15) is 0 Å². The number of hydrogen-bond acceptors (Lipinski definition) is 4. The third kappa shape index (κ3) is 8.94. The number of unbranched alkanes of at least 4 members (excludes halogenated alkanes) is 2. The Morgan fingerprint density at radius 2 is 2.18 bits per heavy atom. The van der Waals surface area contributed by atoms with E-state index in [1.807, 2.05) is 6.20 Å². The highest BCUT2D eigenvalue weighted by atomic mass is 127. The second-order valence-electron chi connectivity index (χ2n) is 7.39. The van der Waals surface area contributed by atoms with E-state index in [-0.39, 0.29) is 30.1 Å². The number of pyridine rings is 1. The van der Waals surface area contributed by atoms with Crippen LogP contribution < -0.4 is 15.5 Å². The number of anilines is 1. The van der Waals surface area contributed by atoms with E-state index >= 15 is 0 Å². The van der Waals surface area contributed by atoms with Crippen molar-refractivity contribution in [2.75, 3.05) is 31.1 Å². The second-order valence-corrected chi connectivity index (χ2v) is 7.39. The molecule has 6 nitrogen and oxygen atoms in total. The maximum atomic E-state index is 5.60. The van der Waals surface area contributed by atoms with Gasteiger partial charge in [-0.15, -0.1) is 24.0 Å². The Kier molecular flexibility index (Phi) is 12.5. The summed E-state index contributed by atoms with van der Waals surface area (Å²) in [7, 11) is 0. The maximum absolute atomic E-state index is 5.60. The molecular weight excluding hydrogens is 465 g/mol. The average molecular weight is 503 g/mol. The van der Waals surface area contributed by atoms with E-state index in [2.05, 4.69) is 60.3 Å². The summed E-state index contributed by atoms with van der Waals surface area (Å²) in [6.45, 7) is 12.7. The van der Waals surface area contributed by atoms with Crippen LogP contribution in [0.25, 0.3) is 0 Å². The van der Waals surface area contributed by atoms with Gasteiger partial charge in [0, 0.05) is 31.9 Å². The standard InChI is InChI=1S/C21H37N5O.HI/c1-5-7-8-9-17(3)25-21(22-6-2)24-15-19-10-11-20(23-14-19)26-12-13-27-18(4)16-26;/h10-11,14,17-18H,5-9,12-13,15-16H2,1-4H3,(H2,22,24,25);1H. The second kappa shape index (κ2) is 14.0. The fourth-order valence-electron chi connectivity index (χ4n) is 3.22. The fourth-order valence-corrected chi connectivity index (χ4v) is 3.22. The van der Waals surface area contributed by atoms with Gasteiger partial charge in [-0.05, 0) is 38.8 Å². The SMILES string of the molecule is CCCCCC(C)NC(=NCc1ccc(N2CCOC(C)C2)nc1)NCC.I. The Morgan fingerprint density at radius 1 is 1.36 bits per heavy atom. The van der Waals surface area contributed by atoms with Crippen LogP contribution in [-0.2, 0) is 11.3 Å². The van der Waals surface area contributed by atoms with Gasteiger partial charge in [0.1, 0.15) is 5.82 Å². The monoisotopic (exact) mass is 503 g/mol. The van der Waals surface area contributed by atoms with Crippen molar-refractivity contribution < 1.29 is 4.74 Å². The van der Waals surface area contributed by atoms with Gasteiger partial charge in [-0.1, -0.05) is 32.3 Å². The van der Waals surface area contributed by atoms with Crippen LogP contribution in [0.5, 0.6) is 0 Å². The summed E-state index contributed by atoms with van der Waals surface area (Å²) in [5.41, 5.74) is 1.12. The fraction of sp³-hybridized carbons (Fsp3) is 0.714. The molecule has 1 aromatic rings. The van der Waals surface area contributed by atoms with E-state index in [1.54, 1.807) is 0 Å². The van der Waals surface area contributed by atoms with Crippen LogP contribution in [0, 0.1) is 0 Å². The van der Waals surface area contributed by atoms with Crippen LogP contribution in [0.15, 0.2) is 23.3 Å². The Balaban J connectivity index is 0.00000392. The lowest BCUT2D eigenvalue weighted by atomic mass is 10.1. The number of ether oxygens (including phenoxy) is 1. The van der Waals surface area contributed by atoms with Gasteiger partial charge in [0.15, 0.2) is 5.96 Å². The number of hydrogen-bond donors (Lipinski definition) is 2. The Bertz CT molecular complexity index is 566. The number of nitrogens with zero attached hydrogens (tertiary/aromatic N) is 3. The van der Waals surface area contributed by atoms with Crippen LogP contribution in [0.3, 0.4) is 0 Å². The zero-order valence-corrected chi connectivity index (χ0v) is 20.2. The zero-order valence-electron chi connectivity index (χ0n) is 17.9. The van der Waals surface area contributed by atoms with Crippen molar-refractivity contribution in [1.82, 2.24) is 15.6 Å². The Hall–Kier alpha value is -1.09. The summed E-state index contributed by atoms with van der Waals surface area (Å²) in [5.74, 6) is 1.90. The first-order valence-electron chi connectivity index (χ1n) is 10.5. The number of aromatic nitrogens is 1. The number of guanidine groups is 1. The number of rotatable bonds is 9. The van der Waals surface area contributed by atoms with E-state index in [0.717, 1.165) is 43.6 Å². The van der Waals surface area contributed by atoms with Crippen molar-refractivity contribution >= 4 is 35.8 Å². The van der Waals surface area contributed by atoms with Crippen molar-refractivity contribution in [3.63, 3.8) is 0 Å². The lowest BCUT2D eigenvalue weighted by molar-refractivity contribution is 0.0529. The van der Waals surface area contributed by atoms with Gasteiger partial charge in [0.25, 0.3) is 0 Å². The van der Waals surface area contributed by atoms with Gasteiger partial charge >= 0.3 is 0 Å².